The van der Waals surface area contributed by atoms with E-state index in [1.165, 1.54) is 0 Å². The van der Waals surface area contributed by atoms with E-state index in [0.717, 1.165) is 17.0 Å². The molecular weight excluding hydrogens is 326 g/mol. The van der Waals surface area contributed by atoms with Gasteiger partial charge >= 0.3 is 6.09 Å². The lowest BCUT2D eigenvalue weighted by Crippen LogP contribution is -2.41. The summed E-state index contributed by atoms with van der Waals surface area (Å²) in [5.41, 5.74) is 2.86. The second kappa shape index (κ2) is 6.98. The highest BCUT2D eigenvalue weighted by Crippen LogP contribution is 2.19. The standard InChI is InChI=1S/C21H21N3O2/c1-21(2,3)26-20(25)23-11-12-24-18(9-10-19(24)15-23)8-7-16-5-4-6-17(13-16)14-22/h4-6,9-10,13H,11-12,15H2,1-3H3. The number of hydrogen-bond donors (Lipinski definition) is 0. The first kappa shape index (κ1) is 17.6. The summed E-state index contributed by atoms with van der Waals surface area (Å²) in [7, 11) is 0. The van der Waals surface area contributed by atoms with E-state index in [1.54, 1.807) is 17.0 Å². The second-order valence-corrected chi connectivity index (χ2v) is 7.21. The average Bonchev–Trinajstić information content (AvgIpc) is 3.01. The molecule has 2 heterocycles. The van der Waals surface area contributed by atoms with Crippen molar-refractivity contribution in [1.29, 1.82) is 5.26 Å². The maximum Gasteiger partial charge on any atom is 0.410 e. The van der Waals surface area contributed by atoms with Crippen LogP contribution in [0.25, 0.3) is 0 Å². The number of fused-ring (bicyclic) bond motifs is 1. The molecule has 3 rings (SSSR count). The third-order valence-electron chi connectivity index (χ3n) is 4.00. The molecule has 5 heteroatoms. The number of hydrogen-bond acceptors (Lipinski definition) is 3. The summed E-state index contributed by atoms with van der Waals surface area (Å²) in [6, 6.07) is 13.3. The summed E-state index contributed by atoms with van der Waals surface area (Å²) in [4.78, 5) is 14.0. The number of aromatic nitrogens is 1. The van der Waals surface area contributed by atoms with Crippen molar-refractivity contribution < 1.29 is 9.53 Å². The first-order valence-corrected chi connectivity index (χ1v) is 8.54. The zero-order valence-corrected chi connectivity index (χ0v) is 15.2. The summed E-state index contributed by atoms with van der Waals surface area (Å²) < 4.78 is 7.58. The van der Waals surface area contributed by atoms with Gasteiger partial charge in [0.1, 0.15) is 5.60 Å². The van der Waals surface area contributed by atoms with Crippen LogP contribution < -0.4 is 0 Å². The van der Waals surface area contributed by atoms with Crippen molar-refractivity contribution in [2.24, 2.45) is 0 Å². The largest absolute Gasteiger partial charge is 0.444 e. The molecule has 132 valence electrons. The van der Waals surface area contributed by atoms with Gasteiger partial charge in [-0.3, -0.25) is 0 Å². The Morgan fingerprint density at radius 1 is 1.12 bits per heavy atom. The van der Waals surface area contributed by atoms with Crippen molar-refractivity contribution in [3.63, 3.8) is 0 Å². The highest BCUT2D eigenvalue weighted by atomic mass is 16.6. The molecule has 2 aromatic rings. The molecule has 0 bridgehead atoms. The molecule has 26 heavy (non-hydrogen) atoms. The van der Waals surface area contributed by atoms with E-state index in [9.17, 15) is 4.79 Å². The number of nitrogens with zero attached hydrogens (tertiary/aromatic N) is 3. The summed E-state index contributed by atoms with van der Waals surface area (Å²) in [5, 5.41) is 8.97. The van der Waals surface area contributed by atoms with Gasteiger partial charge in [-0.05, 0) is 57.0 Å². The van der Waals surface area contributed by atoms with Crippen LogP contribution in [0.5, 0.6) is 0 Å². The Morgan fingerprint density at radius 3 is 2.62 bits per heavy atom. The van der Waals surface area contributed by atoms with E-state index in [1.807, 2.05) is 45.0 Å². The lowest BCUT2D eigenvalue weighted by molar-refractivity contribution is 0.0199. The number of carbonyl (C=O) groups is 1. The molecule has 0 saturated carbocycles. The van der Waals surface area contributed by atoms with Gasteiger partial charge in [-0.1, -0.05) is 12.0 Å². The molecule has 5 nitrogen and oxygen atoms in total. The first-order valence-electron chi connectivity index (χ1n) is 8.54. The average molecular weight is 347 g/mol. The predicted octanol–water partition coefficient (Wildman–Crippen LogP) is 3.51. The molecule has 0 fully saturated rings. The van der Waals surface area contributed by atoms with Gasteiger partial charge in [0.2, 0.25) is 0 Å². The van der Waals surface area contributed by atoms with E-state index in [-0.39, 0.29) is 6.09 Å². The van der Waals surface area contributed by atoms with Crippen LogP contribution in [0.1, 0.15) is 43.3 Å². The van der Waals surface area contributed by atoms with E-state index in [2.05, 4.69) is 22.5 Å². The maximum atomic E-state index is 12.2. The van der Waals surface area contributed by atoms with Crippen LogP contribution in [0, 0.1) is 23.2 Å². The molecule has 1 amide bonds. The maximum absolute atomic E-state index is 12.2. The minimum Gasteiger partial charge on any atom is -0.444 e. The van der Waals surface area contributed by atoms with Crippen LogP contribution in [0.3, 0.4) is 0 Å². The number of benzene rings is 1. The summed E-state index contributed by atoms with van der Waals surface area (Å²) in [6.07, 6.45) is -0.286. The SMILES string of the molecule is CC(C)(C)OC(=O)N1CCn2c(C#Cc3cccc(C#N)c3)ccc2C1. The molecule has 0 N–H and O–H groups in total. The molecule has 0 spiro atoms. The Hall–Kier alpha value is -3.18. The summed E-state index contributed by atoms with van der Waals surface area (Å²) >= 11 is 0. The van der Waals surface area contributed by atoms with Crippen LogP contribution in [-0.2, 0) is 17.8 Å². The highest BCUT2D eigenvalue weighted by Gasteiger charge is 2.26. The molecular formula is C21H21N3O2. The van der Waals surface area contributed by atoms with Gasteiger partial charge in [0.25, 0.3) is 0 Å². The molecule has 1 aliphatic rings. The Balaban J connectivity index is 1.75. The minimum absolute atomic E-state index is 0.286. The fourth-order valence-electron chi connectivity index (χ4n) is 2.80. The molecule has 0 unspecified atom stereocenters. The molecule has 1 aliphatic heterocycles. The lowest BCUT2D eigenvalue weighted by Gasteiger charge is -2.31. The quantitative estimate of drug-likeness (QED) is 0.685. The van der Waals surface area contributed by atoms with E-state index < -0.39 is 5.60 Å². The second-order valence-electron chi connectivity index (χ2n) is 7.21. The van der Waals surface area contributed by atoms with Crippen LogP contribution in [-0.4, -0.2) is 27.7 Å². The molecule has 0 atom stereocenters. The Morgan fingerprint density at radius 2 is 1.88 bits per heavy atom. The van der Waals surface area contributed by atoms with E-state index >= 15 is 0 Å². The predicted molar refractivity (Wildman–Crippen MR) is 98.2 cm³/mol. The molecule has 0 saturated heterocycles. The van der Waals surface area contributed by atoms with Crippen molar-refractivity contribution >= 4 is 6.09 Å². The van der Waals surface area contributed by atoms with Crippen LogP contribution >= 0.6 is 0 Å². The zero-order chi connectivity index (χ0) is 18.7. The number of nitriles is 1. The summed E-state index contributed by atoms with van der Waals surface area (Å²) in [5.74, 6) is 6.28. The van der Waals surface area contributed by atoms with E-state index in [4.69, 9.17) is 10.00 Å². The third kappa shape index (κ3) is 4.07. The monoisotopic (exact) mass is 347 g/mol. The van der Waals surface area contributed by atoms with Crippen LogP contribution in [0.2, 0.25) is 0 Å². The van der Waals surface area contributed by atoms with Gasteiger partial charge < -0.3 is 14.2 Å². The van der Waals surface area contributed by atoms with Crippen LogP contribution in [0.15, 0.2) is 36.4 Å². The molecule has 0 aliphatic carbocycles. The van der Waals surface area contributed by atoms with Crippen molar-refractivity contribution in [1.82, 2.24) is 9.47 Å². The highest BCUT2D eigenvalue weighted by molar-refractivity contribution is 5.68. The van der Waals surface area contributed by atoms with E-state index in [0.29, 0.717) is 25.2 Å². The number of amides is 1. The Kier molecular flexibility index (Phi) is 4.73. The molecule has 0 radical (unpaired) electrons. The van der Waals surface area contributed by atoms with Crippen molar-refractivity contribution in [2.45, 2.75) is 39.5 Å². The fourth-order valence-corrected chi connectivity index (χ4v) is 2.80. The Bertz CT molecular complexity index is 933. The van der Waals surface area contributed by atoms with Crippen molar-refractivity contribution in [2.75, 3.05) is 6.54 Å². The van der Waals surface area contributed by atoms with Gasteiger partial charge in [-0.15, -0.1) is 0 Å². The Labute approximate surface area is 153 Å². The summed E-state index contributed by atoms with van der Waals surface area (Å²) in [6.45, 7) is 7.39. The fraction of sp³-hybridized carbons (Fsp3) is 0.333. The lowest BCUT2D eigenvalue weighted by atomic mass is 10.1. The number of rotatable bonds is 0. The van der Waals surface area contributed by atoms with Crippen molar-refractivity contribution in [3.05, 3.63) is 58.9 Å². The van der Waals surface area contributed by atoms with Gasteiger partial charge in [0.05, 0.1) is 23.9 Å². The third-order valence-corrected chi connectivity index (χ3v) is 4.00. The van der Waals surface area contributed by atoms with Gasteiger partial charge in [-0.2, -0.15) is 5.26 Å². The normalized spacial score (nSPS) is 13.2. The van der Waals surface area contributed by atoms with Gasteiger partial charge in [-0.25, -0.2) is 4.79 Å². The van der Waals surface area contributed by atoms with Crippen molar-refractivity contribution in [3.8, 4) is 17.9 Å². The smallest absolute Gasteiger partial charge is 0.410 e. The van der Waals surface area contributed by atoms with Gasteiger partial charge in [0.15, 0.2) is 0 Å². The molecule has 1 aromatic heterocycles. The minimum atomic E-state index is -0.495. The van der Waals surface area contributed by atoms with Gasteiger partial charge in [0, 0.05) is 24.3 Å². The number of ether oxygens (including phenoxy) is 1. The topological polar surface area (TPSA) is 58.3 Å². The first-order chi connectivity index (χ1) is 12.4. The molecule has 1 aromatic carbocycles. The van der Waals surface area contributed by atoms with Crippen LogP contribution in [0.4, 0.5) is 4.79 Å². The number of carbonyl (C=O) groups excluding carboxylic acids is 1. The zero-order valence-electron chi connectivity index (χ0n) is 15.2.